The van der Waals surface area contributed by atoms with E-state index in [1.54, 1.807) is 0 Å². The molecule has 8 aromatic rings. The summed E-state index contributed by atoms with van der Waals surface area (Å²) in [5.74, 6) is 0.154. The molecule has 2 aliphatic heterocycles. The molecule has 12 rings (SSSR count). The number of fused-ring (bicyclic) bond motifs is 14. The Morgan fingerprint density at radius 3 is 1.77 bits per heavy atom. The summed E-state index contributed by atoms with van der Waals surface area (Å²) < 4.78 is 0. The Hall–Kier alpha value is -6.38. The quantitative estimate of drug-likeness (QED) is 0.164. The van der Waals surface area contributed by atoms with Crippen molar-refractivity contribution in [2.24, 2.45) is 0 Å². The summed E-state index contributed by atoms with van der Waals surface area (Å²) in [6.45, 7) is 9.64. The predicted molar refractivity (Wildman–Crippen MR) is 236 cm³/mol. The van der Waals surface area contributed by atoms with E-state index in [0.29, 0.717) is 0 Å². The molecule has 268 valence electrons. The summed E-state index contributed by atoms with van der Waals surface area (Å²) in [5, 5.41) is 7.83. The second-order valence-electron chi connectivity index (χ2n) is 17.3. The molecular weight excluding hydrogens is 677 g/mol. The minimum absolute atomic E-state index is 0.0997. The first-order valence-electron chi connectivity index (χ1n) is 20.1. The lowest BCUT2D eigenvalue weighted by Crippen LogP contribution is -2.40. The molecular formula is C54H42N2. The van der Waals surface area contributed by atoms with Gasteiger partial charge in [0.15, 0.2) is 0 Å². The fourth-order valence-corrected chi connectivity index (χ4v) is 11.0. The van der Waals surface area contributed by atoms with Gasteiger partial charge < -0.3 is 9.80 Å². The number of para-hydroxylation sites is 2. The molecule has 0 aromatic heterocycles. The molecule has 0 saturated heterocycles. The minimum Gasteiger partial charge on any atom is -0.333 e. The average Bonchev–Trinajstić information content (AvgIpc) is 3.67. The highest BCUT2D eigenvalue weighted by molar-refractivity contribution is 6.25. The molecule has 0 radical (unpaired) electrons. The van der Waals surface area contributed by atoms with E-state index in [1.807, 2.05) is 0 Å². The number of nitrogens with zero attached hydrogens (tertiary/aromatic N) is 2. The van der Waals surface area contributed by atoms with Gasteiger partial charge in [0.2, 0.25) is 0 Å². The largest absolute Gasteiger partial charge is 0.333 e. The molecule has 2 aliphatic carbocycles. The number of anilines is 4. The van der Waals surface area contributed by atoms with E-state index in [0.717, 1.165) is 0 Å². The summed E-state index contributed by atoms with van der Waals surface area (Å²) in [5.41, 5.74) is 15.7. The van der Waals surface area contributed by atoms with Crippen molar-refractivity contribution in [1.82, 2.24) is 0 Å². The van der Waals surface area contributed by atoms with Gasteiger partial charge in [0.1, 0.15) is 0 Å². The van der Waals surface area contributed by atoms with E-state index in [2.05, 4.69) is 207 Å². The van der Waals surface area contributed by atoms with Crippen LogP contribution in [0.4, 0.5) is 22.7 Å². The van der Waals surface area contributed by atoms with Gasteiger partial charge in [0, 0.05) is 39.5 Å². The second kappa shape index (κ2) is 11.1. The molecule has 0 N–H and O–H groups in total. The molecule has 0 fully saturated rings. The van der Waals surface area contributed by atoms with E-state index in [1.165, 1.54) is 99.7 Å². The normalized spacial score (nSPS) is 19.5. The fraction of sp³-hybridized carbons (Fsp3) is 0.148. The zero-order valence-electron chi connectivity index (χ0n) is 32.2. The van der Waals surface area contributed by atoms with E-state index in [4.69, 9.17) is 0 Å². The Bertz CT molecular complexity index is 3020. The third-order valence-corrected chi connectivity index (χ3v) is 13.7. The van der Waals surface area contributed by atoms with Crippen LogP contribution in [0.1, 0.15) is 55.9 Å². The van der Waals surface area contributed by atoms with Crippen LogP contribution in [0.5, 0.6) is 0 Å². The maximum absolute atomic E-state index is 2.69. The summed E-state index contributed by atoms with van der Waals surface area (Å²) in [6, 6.07) is 59.4. The third-order valence-electron chi connectivity index (χ3n) is 13.7. The van der Waals surface area contributed by atoms with Crippen LogP contribution in [-0.2, 0) is 10.8 Å². The van der Waals surface area contributed by atoms with E-state index < -0.39 is 0 Å². The highest BCUT2D eigenvalue weighted by Gasteiger charge is 2.48. The lowest BCUT2D eigenvalue weighted by molar-refractivity contribution is 0.587. The van der Waals surface area contributed by atoms with Crippen LogP contribution in [0.2, 0.25) is 0 Å². The van der Waals surface area contributed by atoms with Gasteiger partial charge in [0.25, 0.3) is 0 Å². The van der Waals surface area contributed by atoms with Gasteiger partial charge in [-0.2, -0.15) is 0 Å². The Morgan fingerprint density at radius 2 is 1.04 bits per heavy atom. The number of rotatable bonds is 2. The van der Waals surface area contributed by atoms with Crippen LogP contribution in [0.25, 0.3) is 43.4 Å². The maximum atomic E-state index is 2.69. The van der Waals surface area contributed by atoms with Gasteiger partial charge in [-0.25, -0.2) is 0 Å². The summed E-state index contributed by atoms with van der Waals surface area (Å²) in [7, 11) is 0. The zero-order chi connectivity index (χ0) is 37.5. The van der Waals surface area contributed by atoms with Gasteiger partial charge in [-0.3, -0.25) is 0 Å². The van der Waals surface area contributed by atoms with Gasteiger partial charge in [-0.15, -0.1) is 0 Å². The van der Waals surface area contributed by atoms with Crippen molar-refractivity contribution in [1.29, 1.82) is 0 Å². The smallest absolute Gasteiger partial charge is 0.0634 e. The number of hydrogen-bond donors (Lipinski definition) is 0. The lowest BCUT2D eigenvalue weighted by Gasteiger charge is -2.47. The molecule has 2 atom stereocenters. The molecule has 8 aromatic carbocycles. The highest BCUT2D eigenvalue weighted by Crippen LogP contribution is 2.60. The first-order chi connectivity index (χ1) is 27.3. The first-order valence-corrected chi connectivity index (χ1v) is 20.1. The monoisotopic (exact) mass is 718 g/mol. The van der Waals surface area contributed by atoms with Crippen molar-refractivity contribution in [3.8, 4) is 11.1 Å². The number of hydrogen-bond acceptors (Lipinski definition) is 2. The van der Waals surface area contributed by atoms with Crippen molar-refractivity contribution in [3.63, 3.8) is 0 Å². The van der Waals surface area contributed by atoms with Gasteiger partial charge in [0.05, 0.1) is 11.7 Å². The van der Waals surface area contributed by atoms with Crippen molar-refractivity contribution >= 4 is 55.1 Å². The van der Waals surface area contributed by atoms with Crippen LogP contribution in [0.3, 0.4) is 0 Å². The highest BCUT2D eigenvalue weighted by atomic mass is 15.2. The Labute approximate surface area is 328 Å². The van der Waals surface area contributed by atoms with Crippen LogP contribution in [0, 0.1) is 0 Å². The van der Waals surface area contributed by atoms with Crippen LogP contribution in [0.15, 0.2) is 181 Å². The van der Waals surface area contributed by atoms with Gasteiger partial charge in [-0.05, 0) is 114 Å². The molecule has 0 amide bonds. The SMILES string of the molecule is CC1(C)C2=CC3C(C=C2N(c2ccccc2)c2ccccc21)c1cc2c(cc1N3c1ccc3c4ccccc4c4ccccc4c3c1)C(C)(C)c1ccccc1-2. The zero-order valence-corrected chi connectivity index (χ0v) is 32.2. The maximum Gasteiger partial charge on any atom is 0.0634 e. The standard InChI is InChI=1S/C54H42N2/c1-53(2)45-23-13-12-22-40(45)42-29-43-44-30-52-48(54(3,4)46-24-14-15-25-49(46)55(52)33-16-6-5-7-17-33)32-51(44)56(50(43)31-47(42)53)34-26-27-39-37-20-9-8-18-35(37)36-19-10-11-21-38(36)41(39)28-34/h5-32,44,51H,1-4H3. The molecule has 56 heavy (non-hydrogen) atoms. The molecule has 2 heteroatoms. The molecule has 2 heterocycles. The van der Waals surface area contributed by atoms with Crippen LogP contribution < -0.4 is 9.80 Å². The summed E-state index contributed by atoms with van der Waals surface area (Å²) in [6.07, 6.45) is 5.25. The second-order valence-corrected chi connectivity index (χ2v) is 17.3. The first kappa shape index (κ1) is 31.9. The number of allylic oxidation sites excluding steroid dienone is 1. The predicted octanol–water partition coefficient (Wildman–Crippen LogP) is 14.0. The molecule has 0 saturated carbocycles. The Balaban J connectivity index is 1.14. The Morgan fingerprint density at radius 1 is 0.429 bits per heavy atom. The van der Waals surface area contributed by atoms with Crippen molar-refractivity contribution < 1.29 is 0 Å². The van der Waals surface area contributed by atoms with Crippen molar-refractivity contribution in [3.05, 3.63) is 203 Å². The Kier molecular flexibility index (Phi) is 6.33. The third kappa shape index (κ3) is 4.11. The fourth-order valence-electron chi connectivity index (χ4n) is 11.0. The molecule has 0 spiro atoms. The van der Waals surface area contributed by atoms with E-state index in [-0.39, 0.29) is 22.8 Å². The topological polar surface area (TPSA) is 6.48 Å². The van der Waals surface area contributed by atoms with Crippen LogP contribution >= 0.6 is 0 Å². The average molecular weight is 719 g/mol. The van der Waals surface area contributed by atoms with Crippen molar-refractivity contribution in [2.45, 2.75) is 50.5 Å². The van der Waals surface area contributed by atoms with Gasteiger partial charge in [-0.1, -0.05) is 155 Å². The summed E-state index contributed by atoms with van der Waals surface area (Å²) >= 11 is 0. The van der Waals surface area contributed by atoms with Crippen molar-refractivity contribution in [2.75, 3.05) is 9.80 Å². The minimum atomic E-state index is -0.194. The van der Waals surface area contributed by atoms with E-state index >= 15 is 0 Å². The molecule has 4 aliphatic rings. The molecule has 2 nitrogen and oxygen atoms in total. The number of benzene rings is 8. The van der Waals surface area contributed by atoms with Gasteiger partial charge >= 0.3 is 0 Å². The van der Waals surface area contributed by atoms with Crippen LogP contribution in [-0.4, -0.2) is 6.04 Å². The van der Waals surface area contributed by atoms with E-state index in [9.17, 15) is 0 Å². The molecule has 2 unspecified atom stereocenters. The summed E-state index contributed by atoms with van der Waals surface area (Å²) in [4.78, 5) is 5.20. The molecule has 0 bridgehead atoms. The lowest BCUT2D eigenvalue weighted by atomic mass is 9.68.